The number of benzene rings is 1. The molecule has 1 N–H and O–H groups in total. The van der Waals surface area contributed by atoms with E-state index in [2.05, 4.69) is 5.32 Å². The third-order valence-corrected chi connectivity index (χ3v) is 6.72. The van der Waals surface area contributed by atoms with Crippen LogP contribution in [0.25, 0.3) is 0 Å². The normalized spacial score (nSPS) is 14.9. The Morgan fingerprint density at radius 3 is 2.10 bits per heavy atom. The maximum Gasteiger partial charge on any atom is 0.421 e. The fourth-order valence-electron chi connectivity index (χ4n) is 4.78. The number of methoxy groups -OCH3 is 1. The second-order valence-corrected chi connectivity index (χ2v) is 12.2. The zero-order valence-corrected chi connectivity index (χ0v) is 31.3. The van der Waals surface area contributed by atoms with Gasteiger partial charge in [-0.3, -0.25) is 19.8 Å². The second kappa shape index (κ2) is 20.6. The summed E-state index contributed by atoms with van der Waals surface area (Å²) in [7, 11) is 1.41. The number of hydrogen-bond acceptors (Lipinski definition) is 13. The number of amides is 2. The van der Waals surface area contributed by atoms with Crippen LogP contribution in [0.1, 0.15) is 93.6 Å². The van der Waals surface area contributed by atoms with E-state index in [9.17, 15) is 34.1 Å². The maximum absolute atomic E-state index is 13.6. The fourth-order valence-corrected chi connectivity index (χ4v) is 4.78. The summed E-state index contributed by atoms with van der Waals surface area (Å²) in [6, 6.07) is 5.38. The van der Waals surface area contributed by atoms with Crippen molar-refractivity contribution in [2.75, 3.05) is 26.9 Å². The molecule has 0 saturated heterocycles. The molecule has 2 atom stereocenters. The summed E-state index contributed by atoms with van der Waals surface area (Å²) in [5.74, 6) is -3.78. The van der Waals surface area contributed by atoms with Gasteiger partial charge in [0.05, 0.1) is 34.7 Å². The monoisotopic (exact) mass is 721 g/mol. The van der Waals surface area contributed by atoms with Gasteiger partial charge in [-0.2, -0.15) is 0 Å². The van der Waals surface area contributed by atoms with Gasteiger partial charge in [0, 0.05) is 50.5 Å². The van der Waals surface area contributed by atoms with E-state index in [1.165, 1.54) is 52.1 Å². The van der Waals surface area contributed by atoms with Crippen LogP contribution in [0.15, 0.2) is 46.8 Å². The summed E-state index contributed by atoms with van der Waals surface area (Å²) in [6.07, 6.45) is -3.66. The Labute approximate surface area is 298 Å². The lowest BCUT2D eigenvalue weighted by Gasteiger charge is -2.36. The predicted molar refractivity (Wildman–Crippen MR) is 184 cm³/mol. The molecule has 2 amide bonds. The second-order valence-electron chi connectivity index (χ2n) is 12.2. The van der Waals surface area contributed by atoms with Crippen molar-refractivity contribution in [2.24, 2.45) is 0 Å². The Morgan fingerprint density at radius 2 is 1.55 bits per heavy atom. The lowest BCUT2D eigenvalue weighted by Crippen LogP contribution is -2.40. The van der Waals surface area contributed by atoms with E-state index in [0.717, 1.165) is 4.90 Å². The Hall–Kier alpha value is -4.99. The highest BCUT2D eigenvalue weighted by molar-refractivity contribution is 6.01. The molecule has 0 spiro atoms. The number of nitro groups is 1. The van der Waals surface area contributed by atoms with Gasteiger partial charge >= 0.3 is 30.1 Å². The first-order valence-corrected chi connectivity index (χ1v) is 16.6. The zero-order valence-electron chi connectivity index (χ0n) is 31.3. The van der Waals surface area contributed by atoms with Gasteiger partial charge < -0.3 is 33.7 Å². The SMILES string of the molecule is CC.COCCOC(=O)C1=C(C)N(C(=O)OC(C)OC(=O)CCCNC(=O)OC(C)(C)C)C(C)=C(C(=O)OC(C)C)C1c1cccc([N+](=O)[O-])c1. The summed E-state index contributed by atoms with van der Waals surface area (Å²) in [5.41, 5.74) is -1.14. The average Bonchev–Trinajstić information content (AvgIpc) is 3.02. The van der Waals surface area contributed by atoms with Gasteiger partial charge in [0.1, 0.15) is 12.2 Å². The zero-order chi connectivity index (χ0) is 39.1. The lowest BCUT2D eigenvalue weighted by molar-refractivity contribution is -0.384. The topological polar surface area (TPSA) is 199 Å². The van der Waals surface area contributed by atoms with Crippen LogP contribution in [0, 0.1) is 10.1 Å². The van der Waals surface area contributed by atoms with Crippen LogP contribution < -0.4 is 5.32 Å². The van der Waals surface area contributed by atoms with Crippen LogP contribution in [0.5, 0.6) is 0 Å². The number of carbonyl (C=O) groups is 5. The van der Waals surface area contributed by atoms with Gasteiger partial charge in [-0.25, -0.2) is 19.2 Å². The highest BCUT2D eigenvalue weighted by Gasteiger charge is 2.43. The fraction of sp³-hybridized carbons (Fsp3) is 0.571. The van der Waals surface area contributed by atoms with Gasteiger partial charge in [0.2, 0.25) is 6.29 Å². The van der Waals surface area contributed by atoms with Crippen molar-refractivity contribution in [3.8, 4) is 0 Å². The van der Waals surface area contributed by atoms with E-state index < -0.39 is 58.9 Å². The summed E-state index contributed by atoms with van der Waals surface area (Å²) >= 11 is 0. The van der Waals surface area contributed by atoms with Crippen molar-refractivity contribution in [3.63, 3.8) is 0 Å². The van der Waals surface area contributed by atoms with Crippen LogP contribution in [0.3, 0.4) is 0 Å². The van der Waals surface area contributed by atoms with E-state index in [1.54, 1.807) is 34.6 Å². The highest BCUT2D eigenvalue weighted by atomic mass is 16.7. The van der Waals surface area contributed by atoms with E-state index in [1.807, 2.05) is 13.8 Å². The first kappa shape index (κ1) is 44.0. The molecule has 1 aliphatic rings. The van der Waals surface area contributed by atoms with Crippen LogP contribution in [-0.4, -0.2) is 84.8 Å². The lowest BCUT2D eigenvalue weighted by atomic mass is 9.79. The first-order valence-electron chi connectivity index (χ1n) is 16.6. The van der Waals surface area contributed by atoms with Gasteiger partial charge in [0.15, 0.2) is 0 Å². The standard InChI is InChI=1S/C33H45N3O13.C2H6/c1-19(2)46-30(39)27-21(4)35(32(41)48-22(5)47-25(37)14-11-15-34-31(40)49-33(6,7)8)20(3)26(29(38)45-17-16-44-9)28(27)23-12-10-13-24(18-23)36(42)43;1-2/h10,12-13,18-19,22,28H,11,14-17H2,1-9H3,(H,34,40);1-2H3. The number of ether oxygens (including phenoxy) is 6. The molecule has 16 nitrogen and oxygen atoms in total. The van der Waals surface area contributed by atoms with Crippen molar-refractivity contribution in [2.45, 2.75) is 106 Å². The molecule has 16 heteroatoms. The van der Waals surface area contributed by atoms with Crippen LogP contribution in [0.4, 0.5) is 15.3 Å². The number of rotatable bonds is 14. The molecule has 0 bridgehead atoms. The highest BCUT2D eigenvalue weighted by Crippen LogP contribution is 2.44. The van der Waals surface area contributed by atoms with Gasteiger partial charge in [-0.1, -0.05) is 26.0 Å². The summed E-state index contributed by atoms with van der Waals surface area (Å²) in [5, 5.41) is 14.2. The van der Waals surface area contributed by atoms with Crippen molar-refractivity contribution in [1.29, 1.82) is 0 Å². The molecular weight excluding hydrogens is 670 g/mol. The molecule has 1 heterocycles. The maximum atomic E-state index is 13.6. The minimum Gasteiger partial charge on any atom is -0.460 e. The van der Waals surface area contributed by atoms with Crippen molar-refractivity contribution in [1.82, 2.24) is 10.2 Å². The third-order valence-electron chi connectivity index (χ3n) is 6.72. The number of carbonyl (C=O) groups excluding carboxylic acids is 5. The molecule has 0 fully saturated rings. The van der Waals surface area contributed by atoms with Crippen molar-refractivity contribution < 1.29 is 57.3 Å². The Balaban J connectivity index is 0.00000638. The van der Waals surface area contributed by atoms with E-state index >= 15 is 0 Å². The number of non-ortho nitro benzene ring substituents is 1. The molecule has 0 aromatic heterocycles. The number of nitrogens with one attached hydrogen (secondary N) is 1. The molecule has 0 radical (unpaired) electrons. The minimum atomic E-state index is -1.41. The van der Waals surface area contributed by atoms with Crippen molar-refractivity contribution in [3.05, 3.63) is 62.5 Å². The van der Waals surface area contributed by atoms with E-state index in [4.69, 9.17) is 28.4 Å². The Bertz CT molecular complexity index is 1480. The first-order chi connectivity index (χ1) is 23.9. The van der Waals surface area contributed by atoms with Crippen LogP contribution in [-0.2, 0) is 42.8 Å². The van der Waals surface area contributed by atoms with Crippen LogP contribution in [0.2, 0.25) is 0 Å². The largest absolute Gasteiger partial charge is 0.460 e. The summed E-state index contributed by atoms with van der Waals surface area (Å²) in [4.78, 5) is 77.1. The molecular formula is C35H51N3O13. The summed E-state index contributed by atoms with van der Waals surface area (Å²) < 4.78 is 31.6. The number of hydrogen-bond donors (Lipinski definition) is 1. The number of alkyl carbamates (subject to hydrolysis) is 1. The molecule has 2 rings (SSSR count). The minimum absolute atomic E-state index is 0.00448. The van der Waals surface area contributed by atoms with Gasteiger partial charge in [-0.15, -0.1) is 0 Å². The quantitative estimate of drug-likeness (QED) is 0.0583. The molecule has 2 unspecified atom stereocenters. The molecule has 1 aromatic carbocycles. The van der Waals surface area contributed by atoms with Gasteiger partial charge in [-0.05, 0) is 60.5 Å². The molecule has 51 heavy (non-hydrogen) atoms. The molecule has 1 aromatic rings. The molecule has 0 aliphatic carbocycles. The number of esters is 3. The molecule has 0 saturated carbocycles. The number of allylic oxidation sites excluding steroid dienone is 2. The van der Waals surface area contributed by atoms with E-state index in [-0.39, 0.29) is 66.4 Å². The van der Waals surface area contributed by atoms with E-state index in [0.29, 0.717) is 0 Å². The number of nitrogens with zero attached hydrogens (tertiary/aromatic N) is 2. The Morgan fingerprint density at radius 1 is 0.941 bits per heavy atom. The van der Waals surface area contributed by atoms with Crippen LogP contribution >= 0.6 is 0 Å². The molecule has 1 aliphatic heterocycles. The smallest absolute Gasteiger partial charge is 0.421 e. The molecule has 284 valence electrons. The van der Waals surface area contributed by atoms with Crippen molar-refractivity contribution >= 4 is 35.8 Å². The summed E-state index contributed by atoms with van der Waals surface area (Å²) in [6.45, 7) is 16.5. The Kier molecular flexibility index (Phi) is 17.8. The third kappa shape index (κ3) is 13.7. The average molecular weight is 722 g/mol. The number of nitro benzene ring substituents is 1. The predicted octanol–water partition coefficient (Wildman–Crippen LogP) is 6.04. The van der Waals surface area contributed by atoms with Gasteiger partial charge in [0.25, 0.3) is 5.69 Å².